The number of aliphatic carboxylic acids is 1. The van der Waals surface area contributed by atoms with E-state index in [0.29, 0.717) is 22.2 Å². The van der Waals surface area contributed by atoms with Gasteiger partial charge in [0.05, 0.1) is 15.9 Å². The third kappa shape index (κ3) is 4.03. The van der Waals surface area contributed by atoms with Crippen LogP contribution in [0.4, 0.5) is 0 Å². The van der Waals surface area contributed by atoms with Gasteiger partial charge in [0.1, 0.15) is 23.7 Å². The molecule has 1 saturated heterocycles. The topological polar surface area (TPSA) is 148 Å². The lowest BCUT2D eigenvalue weighted by atomic mass is 10.0. The number of aromatic nitrogens is 6. The van der Waals surface area contributed by atoms with Crippen LogP contribution in [0.2, 0.25) is 0 Å². The summed E-state index contributed by atoms with van der Waals surface area (Å²) in [5, 5.41) is 28.1. The van der Waals surface area contributed by atoms with Gasteiger partial charge in [-0.3, -0.25) is 19.2 Å². The van der Waals surface area contributed by atoms with E-state index in [1.807, 2.05) is 13.8 Å². The minimum Gasteiger partial charge on any atom is -0.477 e. The number of hydrogen-bond acceptors (Lipinski definition) is 9. The number of fused-ring (bicyclic) bond motifs is 1. The number of carbonyl (C=O) groups excluding carboxylic acids is 2. The van der Waals surface area contributed by atoms with Crippen molar-refractivity contribution in [2.75, 3.05) is 11.5 Å². The molecule has 4 rings (SSSR count). The molecular formula is C17H19BrN8O4S2. The quantitative estimate of drug-likeness (QED) is 0.370. The van der Waals surface area contributed by atoms with Gasteiger partial charge in [0.2, 0.25) is 11.1 Å². The van der Waals surface area contributed by atoms with Crippen molar-refractivity contribution in [1.82, 2.24) is 40.2 Å². The highest BCUT2D eigenvalue weighted by molar-refractivity contribution is 9.10. The Morgan fingerprint density at radius 2 is 2.12 bits per heavy atom. The minimum atomic E-state index is -1.17. The van der Waals surface area contributed by atoms with Gasteiger partial charge < -0.3 is 10.4 Å². The average molecular weight is 543 g/mol. The summed E-state index contributed by atoms with van der Waals surface area (Å²) in [7, 11) is 1.69. The number of nitrogens with zero attached hydrogens (tertiary/aromatic N) is 7. The molecule has 32 heavy (non-hydrogen) atoms. The van der Waals surface area contributed by atoms with E-state index in [1.54, 1.807) is 11.7 Å². The molecule has 2 aromatic rings. The standard InChI is InChI=1S/C17H19BrN8O4S2/c1-7-11(18)8(2)25(21-7)4-10(27)19-12-14(28)26-13(16(29)30)9(5-31-15(12)26)6-32-17-20-22-23-24(17)3/h12,15H,4-6H2,1-3H3,(H,19,27)(H,29,30)/t12-,15-/m1/s1. The van der Waals surface area contributed by atoms with Crippen LogP contribution in [0.5, 0.6) is 0 Å². The first-order chi connectivity index (χ1) is 15.2. The lowest BCUT2D eigenvalue weighted by molar-refractivity contribution is -0.150. The Hall–Kier alpha value is -2.39. The number of β-lactam (4-membered cyclic amide) rings is 1. The third-order valence-corrected chi connectivity index (χ3v) is 8.69. The Balaban J connectivity index is 1.44. The van der Waals surface area contributed by atoms with Crippen molar-refractivity contribution in [2.24, 2.45) is 7.05 Å². The van der Waals surface area contributed by atoms with Crippen molar-refractivity contribution in [3.63, 3.8) is 0 Å². The molecule has 0 bridgehead atoms. The summed E-state index contributed by atoms with van der Waals surface area (Å²) >= 11 is 6.14. The molecule has 0 spiro atoms. The predicted molar refractivity (Wildman–Crippen MR) is 119 cm³/mol. The summed E-state index contributed by atoms with van der Waals surface area (Å²) in [5.41, 5.74) is 2.15. The zero-order valence-electron chi connectivity index (χ0n) is 17.3. The van der Waals surface area contributed by atoms with Gasteiger partial charge in [0, 0.05) is 18.6 Å². The van der Waals surface area contributed by atoms with E-state index in [-0.39, 0.29) is 18.1 Å². The molecular weight excluding hydrogens is 524 g/mol. The zero-order chi connectivity index (χ0) is 23.2. The van der Waals surface area contributed by atoms with Crippen LogP contribution in [0, 0.1) is 13.8 Å². The smallest absolute Gasteiger partial charge is 0.352 e. The molecule has 170 valence electrons. The van der Waals surface area contributed by atoms with Gasteiger partial charge in [-0.2, -0.15) is 5.10 Å². The summed E-state index contributed by atoms with van der Waals surface area (Å²) in [6, 6.07) is -0.778. The fourth-order valence-electron chi connectivity index (χ4n) is 3.47. The highest BCUT2D eigenvalue weighted by atomic mass is 79.9. The Labute approximate surface area is 199 Å². The Morgan fingerprint density at radius 1 is 1.38 bits per heavy atom. The van der Waals surface area contributed by atoms with Crippen LogP contribution in [0.3, 0.4) is 0 Å². The van der Waals surface area contributed by atoms with Crippen molar-refractivity contribution in [3.05, 3.63) is 27.1 Å². The van der Waals surface area contributed by atoms with Gasteiger partial charge in [-0.25, -0.2) is 9.48 Å². The fraction of sp³-hybridized carbons (Fsp3) is 0.471. The number of carboxylic acids is 1. The molecule has 0 aliphatic carbocycles. The second-order valence-electron chi connectivity index (χ2n) is 7.23. The number of aryl methyl sites for hydroxylation is 2. The molecule has 15 heteroatoms. The normalized spacial score (nSPS) is 20.2. The van der Waals surface area contributed by atoms with Gasteiger partial charge in [0.25, 0.3) is 5.91 Å². The number of hydrogen-bond donors (Lipinski definition) is 2. The van der Waals surface area contributed by atoms with Crippen molar-refractivity contribution in [3.8, 4) is 0 Å². The number of amides is 2. The second-order valence-corrected chi connectivity index (χ2v) is 10.1. The molecule has 12 nitrogen and oxygen atoms in total. The average Bonchev–Trinajstić information content (AvgIpc) is 3.27. The molecule has 2 amide bonds. The summed E-state index contributed by atoms with van der Waals surface area (Å²) in [5.74, 6) is -1.22. The fourth-order valence-corrected chi connectivity index (χ4v) is 6.09. The number of tetrazole rings is 1. The highest BCUT2D eigenvalue weighted by Crippen LogP contribution is 2.41. The molecule has 2 aromatic heterocycles. The molecule has 4 heterocycles. The van der Waals surface area contributed by atoms with Crippen molar-refractivity contribution < 1.29 is 19.5 Å². The predicted octanol–water partition coefficient (Wildman–Crippen LogP) is 0.317. The van der Waals surface area contributed by atoms with Crippen LogP contribution >= 0.6 is 39.5 Å². The summed E-state index contributed by atoms with van der Waals surface area (Å²) in [6.07, 6.45) is 0. The third-order valence-electron chi connectivity index (χ3n) is 5.11. The monoisotopic (exact) mass is 542 g/mol. The number of halogens is 1. The number of rotatable bonds is 7. The Bertz CT molecular complexity index is 1150. The van der Waals surface area contributed by atoms with E-state index in [0.717, 1.165) is 15.9 Å². The minimum absolute atomic E-state index is 0.0330. The van der Waals surface area contributed by atoms with Gasteiger partial charge in [-0.15, -0.1) is 16.9 Å². The summed E-state index contributed by atoms with van der Waals surface area (Å²) < 4.78 is 3.88. The van der Waals surface area contributed by atoms with Gasteiger partial charge in [-0.1, -0.05) is 11.8 Å². The Morgan fingerprint density at radius 3 is 2.72 bits per heavy atom. The molecule has 0 unspecified atom stereocenters. The second kappa shape index (κ2) is 8.86. The van der Waals surface area contributed by atoms with E-state index in [1.165, 1.54) is 33.1 Å². The van der Waals surface area contributed by atoms with Crippen LogP contribution in [0.15, 0.2) is 20.9 Å². The van der Waals surface area contributed by atoms with Crippen LogP contribution in [0.25, 0.3) is 0 Å². The number of thioether (sulfide) groups is 2. The van der Waals surface area contributed by atoms with E-state index in [4.69, 9.17) is 0 Å². The number of nitrogens with one attached hydrogen (secondary N) is 1. The Kier molecular flexibility index (Phi) is 6.31. The maximum absolute atomic E-state index is 12.8. The largest absolute Gasteiger partial charge is 0.477 e. The molecule has 2 aliphatic rings. The van der Waals surface area contributed by atoms with Gasteiger partial charge in [0.15, 0.2) is 0 Å². The molecule has 0 aromatic carbocycles. The molecule has 2 aliphatic heterocycles. The van der Waals surface area contributed by atoms with Crippen LogP contribution in [0.1, 0.15) is 11.4 Å². The van der Waals surface area contributed by atoms with E-state index < -0.39 is 23.3 Å². The van der Waals surface area contributed by atoms with Gasteiger partial charge in [-0.05, 0) is 45.8 Å². The lowest BCUT2D eigenvalue weighted by Crippen LogP contribution is -2.70. The van der Waals surface area contributed by atoms with Crippen LogP contribution in [-0.2, 0) is 28.0 Å². The maximum atomic E-state index is 12.8. The first kappa shape index (κ1) is 22.8. The van der Waals surface area contributed by atoms with E-state index in [2.05, 4.69) is 41.9 Å². The van der Waals surface area contributed by atoms with Crippen molar-refractivity contribution in [2.45, 2.75) is 37.0 Å². The molecule has 2 atom stereocenters. The number of carboxylic acid groups (broad SMARTS) is 1. The molecule has 0 saturated carbocycles. The summed E-state index contributed by atoms with van der Waals surface area (Å²) in [6.45, 7) is 3.63. The first-order valence-electron chi connectivity index (χ1n) is 9.43. The van der Waals surface area contributed by atoms with Crippen molar-refractivity contribution >= 4 is 57.2 Å². The van der Waals surface area contributed by atoms with Crippen molar-refractivity contribution in [1.29, 1.82) is 0 Å². The lowest BCUT2D eigenvalue weighted by Gasteiger charge is -2.49. The van der Waals surface area contributed by atoms with E-state index >= 15 is 0 Å². The summed E-state index contributed by atoms with van der Waals surface area (Å²) in [4.78, 5) is 38.5. The number of carbonyl (C=O) groups is 3. The molecule has 2 N–H and O–H groups in total. The maximum Gasteiger partial charge on any atom is 0.352 e. The zero-order valence-corrected chi connectivity index (χ0v) is 20.5. The SMILES string of the molecule is Cc1nn(CC(=O)N[C@@H]2C(=O)N3C(C(=O)O)=C(CSc4nnnn4C)CS[C@H]23)c(C)c1Br. The van der Waals surface area contributed by atoms with Gasteiger partial charge >= 0.3 is 5.97 Å². The first-order valence-corrected chi connectivity index (χ1v) is 12.3. The van der Waals surface area contributed by atoms with Crippen LogP contribution < -0.4 is 5.32 Å². The molecule has 0 radical (unpaired) electrons. The van der Waals surface area contributed by atoms with E-state index in [9.17, 15) is 19.5 Å². The highest BCUT2D eigenvalue weighted by Gasteiger charge is 2.54. The molecule has 1 fully saturated rings. The van der Waals surface area contributed by atoms with Crippen LogP contribution in [-0.4, -0.2) is 80.7 Å².